The summed E-state index contributed by atoms with van der Waals surface area (Å²) in [5.41, 5.74) is 2.52. The minimum atomic E-state index is 0.00777. The molecule has 0 saturated heterocycles. The summed E-state index contributed by atoms with van der Waals surface area (Å²) >= 11 is 1.21. The minimum absolute atomic E-state index is 0.00777. The first kappa shape index (κ1) is 24.6. The van der Waals surface area contributed by atoms with Crippen LogP contribution in [0.3, 0.4) is 0 Å². The smallest absolute Gasteiger partial charge is 0.277 e. The molecule has 0 saturated carbocycles. The summed E-state index contributed by atoms with van der Waals surface area (Å²) in [7, 11) is 0. The van der Waals surface area contributed by atoms with Crippen LogP contribution in [0.4, 0.5) is 0 Å². The number of carbonyl (C=O) groups is 1. The molecule has 0 aliphatic rings. The van der Waals surface area contributed by atoms with Gasteiger partial charge in [0.2, 0.25) is 11.6 Å². The molecule has 0 spiro atoms. The second kappa shape index (κ2) is 11.7. The van der Waals surface area contributed by atoms with Crippen molar-refractivity contribution in [3.05, 3.63) is 47.5 Å². The molecule has 3 aromatic rings. The van der Waals surface area contributed by atoms with Crippen LogP contribution in [-0.4, -0.2) is 41.6 Å². The van der Waals surface area contributed by atoms with E-state index in [1.54, 1.807) is 12.1 Å². The summed E-state index contributed by atoms with van der Waals surface area (Å²) in [6.07, 6.45) is 0. The van der Waals surface area contributed by atoms with Gasteiger partial charge in [-0.2, -0.15) is 0 Å². The minimum Gasteiger partial charge on any atom is -0.490 e. The SMILES string of the molecule is CCOc1cc(-c2nnc(SCC(=O)c3ccc(C(C)C)cc3)o2)cc(OCC)c1OCC. The van der Waals surface area contributed by atoms with E-state index in [1.165, 1.54) is 17.3 Å². The van der Waals surface area contributed by atoms with Gasteiger partial charge in [-0.25, -0.2) is 0 Å². The fourth-order valence-corrected chi connectivity index (χ4v) is 3.82. The number of benzene rings is 2. The maximum absolute atomic E-state index is 12.6. The van der Waals surface area contributed by atoms with Gasteiger partial charge in [-0.1, -0.05) is 49.9 Å². The van der Waals surface area contributed by atoms with Crippen LogP contribution < -0.4 is 14.2 Å². The van der Waals surface area contributed by atoms with Crippen LogP contribution in [0.15, 0.2) is 46.0 Å². The van der Waals surface area contributed by atoms with Crippen molar-refractivity contribution in [2.45, 2.75) is 45.8 Å². The summed E-state index contributed by atoms with van der Waals surface area (Å²) in [6, 6.07) is 11.3. The summed E-state index contributed by atoms with van der Waals surface area (Å²) in [5.74, 6) is 2.60. The van der Waals surface area contributed by atoms with Crippen LogP contribution >= 0.6 is 11.8 Å². The molecule has 1 aromatic heterocycles. The molecular weight excluding hydrogens is 440 g/mol. The number of hydrogen-bond donors (Lipinski definition) is 0. The monoisotopic (exact) mass is 470 g/mol. The van der Waals surface area contributed by atoms with Gasteiger partial charge in [0, 0.05) is 11.1 Å². The number of ketones is 1. The van der Waals surface area contributed by atoms with E-state index in [0.29, 0.717) is 65.2 Å². The van der Waals surface area contributed by atoms with Gasteiger partial charge in [-0.3, -0.25) is 4.79 Å². The Morgan fingerprint density at radius 2 is 1.55 bits per heavy atom. The van der Waals surface area contributed by atoms with Gasteiger partial charge in [0.15, 0.2) is 17.3 Å². The molecule has 8 heteroatoms. The summed E-state index contributed by atoms with van der Waals surface area (Å²) in [6.45, 7) is 11.4. The molecule has 33 heavy (non-hydrogen) atoms. The first-order valence-corrected chi connectivity index (χ1v) is 12.1. The van der Waals surface area contributed by atoms with Gasteiger partial charge < -0.3 is 18.6 Å². The van der Waals surface area contributed by atoms with Crippen LogP contribution in [-0.2, 0) is 0 Å². The first-order valence-electron chi connectivity index (χ1n) is 11.1. The van der Waals surface area contributed by atoms with Crippen molar-refractivity contribution in [1.29, 1.82) is 0 Å². The van der Waals surface area contributed by atoms with Crippen LogP contribution in [0.5, 0.6) is 17.2 Å². The Morgan fingerprint density at radius 3 is 2.09 bits per heavy atom. The number of thioether (sulfide) groups is 1. The van der Waals surface area contributed by atoms with E-state index >= 15 is 0 Å². The lowest BCUT2D eigenvalue weighted by atomic mass is 10.0. The molecule has 0 aliphatic carbocycles. The standard InChI is InChI=1S/C25H30N2O5S/c1-6-29-21-13-19(14-22(30-7-2)23(21)31-8-3)24-26-27-25(32-24)33-15-20(28)18-11-9-17(10-12-18)16(4)5/h9-14,16H,6-8,15H2,1-5H3. The molecule has 7 nitrogen and oxygen atoms in total. The number of Topliss-reactive ketones (excluding diaryl/α,β-unsaturated/α-hetero) is 1. The van der Waals surface area contributed by atoms with Gasteiger partial charge in [0.25, 0.3) is 5.22 Å². The van der Waals surface area contributed by atoms with E-state index in [2.05, 4.69) is 24.0 Å². The quantitative estimate of drug-likeness (QED) is 0.234. The third-order valence-corrected chi connectivity index (χ3v) is 5.61. The van der Waals surface area contributed by atoms with E-state index in [0.717, 1.165) is 0 Å². The summed E-state index contributed by atoms with van der Waals surface area (Å²) < 4.78 is 23.1. The van der Waals surface area contributed by atoms with Crippen molar-refractivity contribution < 1.29 is 23.4 Å². The number of aromatic nitrogens is 2. The Kier molecular flexibility index (Phi) is 8.77. The predicted octanol–water partition coefficient (Wildman–Crippen LogP) is 6.03. The van der Waals surface area contributed by atoms with Crippen molar-refractivity contribution >= 4 is 17.5 Å². The third kappa shape index (κ3) is 6.28. The van der Waals surface area contributed by atoms with Crippen molar-refractivity contribution in [2.24, 2.45) is 0 Å². The summed E-state index contributed by atoms with van der Waals surface area (Å²) in [4.78, 5) is 12.6. The van der Waals surface area contributed by atoms with Crippen LogP contribution in [0.2, 0.25) is 0 Å². The fraction of sp³-hybridized carbons (Fsp3) is 0.400. The first-order chi connectivity index (χ1) is 16.0. The highest BCUT2D eigenvalue weighted by molar-refractivity contribution is 7.99. The molecule has 0 atom stereocenters. The molecular formula is C25H30N2O5S. The molecule has 1 heterocycles. The van der Waals surface area contributed by atoms with E-state index in [4.69, 9.17) is 18.6 Å². The predicted molar refractivity (Wildman–Crippen MR) is 129 cm³/mol. The molecule has 0 radical (unpaired) electrons. The molecule has 0 unspecified atom stereocenters. The zero-order valence-electron chi connectivity index (χ0n) is 19.7. The Bertz CT molecular complexity index is 1040. The topological polar surface area (TPSA) is 83.7 Å². The molecule has 3 rings (SSSR count). The average molecular weight is 471 g/mol. The largest absolute Gasteiger partial charge is 0.490 e. The molecule has 0 fully saturated rings. The Balaban J connectivity index is 1.75. The molecule has 176 valence electrons. The Hall–Kier alpha value is -3.00. The van der Waals surface area contributed by atoms with Crippen LogP contribution in [0.25, 0.3) is 11.5 Å². The maximum atomic E-state index is 12.6. The van der Waals surface area contributed by atoms with E-state index < -0.39 is 0 Å². The fourth-order valence-electron chi connectivity index (χ4n) is 3.16. The Morgan fingerprint density at radius 1 is 0.939 bits per heavy atom. The van der Waals surface area contributed by atoms with Crippen molar-refractivity contribution in [3.63, 3.8) is 0 Å². The number of carbonyl (C=O) groups excluding carboxylic acids is 1. The highest BCUT2D eigenvalue weighted by Crippen LogP contribution is 2.42. The van der Waals surface area contributed by atoms with E-state index in [-0.39, 0.29) is 11.5 Å². The number of ether oxygens (including phenoxy) is 3. The molecule has 0 N–H and O–H groups in total. The average Bonchev–Trinajstić information content (AvgIpc) is 3.29. The third-order valence-electron chi connectivity index (χ3n) is 4.79. The van der Waals surface area contributed by atoms with E-state index in [1.807, 2.05) is 45.0 Å². The number of hydrogen-bond acceptors (Lipinski definition) is 8. The molecule has 2 aromatic carbocycles. The number of nitrogens with zero attached hydrogens (tertiary/aromatic N) is 2. The zero-order valence-corrected chi connectivity index (χ0v) is 20.5. The highest BCUT2D eigenvalue weighted by Gasteiger charge is 2.19. The lowest BCUT2D eigenvalue weighted by Crippen LogP contribution is -2.03. The maximum Gasteiger partial charge on any atom is 0.277 e. The molecule has 0 aliphatic heterocycles. The second-order valence-corrected chi connectivity index (χ2v) is 8.39. The second-order valence-electron chi connectivity index (χ2n) is 7.46. The van der Waals surface area contributed by atoms with Crippen molar-refractivity contribution in [2.75, 3.05) is 25.6 Å². The van der Waals surface area contributed by atoms with Crippen molar-refractivity contribution in [1.82, 2.24) is 10.2 Å². The zero-order chi connectivity index (χ0) is 23.8. The van der Waals surface area contributed by atoms with Gasteiger partial charge >= 0.3 is 0 Å². The lowest BCUT2D eigenvalue weighted by Gasteiger charge is -2.16. The van der Waals surface area contributed by atoms with Gasteiger partial charge in [-0.15, -0.1) is 10.2 Å². The lowest BCUT2D eigenvalue weighted by molar-refractivity contribution is 0.102. The number of rotatable bonds is 12. The Labute approximate surface area is 198 Å². The van der Waals surface area contributed by atoms with Crippen LogP contribution in [0.1, 0.15) is 56.5 Å². The van der Waals surface area contributed by atoms with Gasteiger partial charge in [-0.05, 0) is 44.4 Å². The highest BCUT2D eigenvalue weighted by atomic mass is 32.2. The van der Waals surface area contributed by atoms with Gasteiger partial charge in [0.1, 0.15) is 0 Å². The molecule has 0 amide bonds. The van der Waals surface area contributed by atoms with E-state index in [9.17, 15) is 4.79 Å². The van der Waals surface area contributed by atoms with Crippen LogP contribution in [0, 0.1) is 0 Å². The van der Waals surface area contributed by atoms with Gasteiger partial charge in [0.05, 0.1) is 25.6 Å². The summed E-state index contributed by atoms with van der Waals surface area (Å²) in [5, 5.41) is 8.55. The molecule has 0 bridgehead atoms. The van der Waals surface area contributed by atoms with Crippen molar-refractivity contribution in [3.8, 4) is 28.7 Å². The normalized spacial score (nSPS) is 11.0.